The summed E-state index contributed by atoms with van der Waals surface area (Å²) >= 11 is 0. The molecule has 94 valence electrons. The van der Waals surface area contributed by atoms with Crippen LogP contribution in [0.5, 0.6) is 0 Å². The zero-order valence-corrected chi connectivity index (χ0v) is 10.5. The van der Waals surface area contributed by atoms with Crippen LogP contribution in [0.2, 0.25) is 0 Å². The maximum Gasteiger partial charge on any atom is 0.220 e. The maximum absolute atomic E-state index is 11.7. The molecule has 0 saturated carbocycles. The van der Waals surface area contributed by atoms with E-state index in [1.807, 2.05) is 19.1 Å². The van der Waals surface area contributed by atoms with Crippen LogP contribution in [0.15, 0.2) is 24.5 Å². The third-order valence-corrected chi connectivity index (χ3v) is 2.68. The highest BCUT2D eigenvalue weighted by Crippen LogP contribution is 2.15. The summed E-state index contributed by atoms with van der Waals surface area (Å²) in [6, 6.07) is 4.00. The summed E-state index contributed by atoms with van der Waals surface area (Å²) in [4.78, 5) is 15.7. The van der Waals surface area contributed by atoms with Crippen LogP contribution in [-0.2, 0) is 4.79 Å². The first-order valence-electron chi connectivity index (χ1n) is 6.08. The van der Waals surface area contributed by atoms with E-state index in [1.165, 1.54) is 0 Å². The van der Waals surface area contributed by atoms with Crippen molar-refractivity contribution in [2.75, 3.05) is 0 Å². The molecule has 0 aliphatic rings. The molecule has 4 nitrogen and oxygen atoms in total. The number of pyridine rings is 1. The Hall–Kier alpha value is -1.42. The first kappa shape index (κ1) is 13.6. The highest BCUT2D eigenvalue weighted by atomic mass is 16.1. The standard InChI is InChI=1S/C13H21N3O/c1-3-12(11-6-8-15-9-7-11)16-13(17)5-4-10(2)14/h6-10,12H,3-5,14H2,1-2H3,(H,16,17). The highest BCUT2D eigenvalue weighted by molar-refractivity contribution is 5.76. The van der Waals surface area contributed by atoms with Crippen molar-refractivity contribution in [3.05, 3.63) is 30.1 Å². The van der Waals surface area contributed by atoms with Gasteiger partial charge in [-0.2, -0.15) is 0 Å². The second kappa shape index (κ2) is 7.01. The number of nitrogens with one attached hydrogen (secondary N) is 1. The molecule has 0 aliphatic carbocycles. The van der Waals surface area contributed by atoms with Crippen molar-refractivity contribution in [1.29, 1.82) is 0 Å². The summed E-state index contributed by atoms with van der Waals surface area (Å²) in [7, 11) is 0. The molecule has 1 rings (SSSR count). The quantitative estimate of drug-likeness (QED) is 0.789. The Kier molecular flexibility index (Phi) is 5.63. The van der Waals surface area contributed by atoms with Gasteiger partial charge >= 0.3 is 0 Å². The number of hydrogen-bond acceptors (Lipinski definition) is 3. The summed E-state index contributed by atoms with van der Waals surface area (Å²) in [6.07, 6.45) is 5.56. The summed E-state index contributed by atoms with van der Waals surface area (Å²) in [6.45, 7) is 3.96. The fraction of sp³-hybridized carbons (Fsp3) is 0.538. The van der Waals surface area contributed by atoms with E-state index < -0.39 is 0 Å². The van der Waals surface area contributed by atoms with Crippen molar-refractivity contribution in [3.63, 3.8) is 0 Å². The number of carbonyl (C=O) groups excluding carboxylic acids is 1. The van der Waals surface area contributed by atoms with Crippen molar-refractivity contribution in [2.45, 2.75) is 45.2 Å². The Morgan fingerprint density at radius 1 is 1.47 bits per heavy atom. The summed E-state index contributed by atoms with van der Waals surface area (Å²) < 4.78 is 0. The van der Waals surface area contributed by atoms with Gasteiger partial charge in [-0.1, -0.05) is 6.92 Å². The molecular formula is C13H21N3O. The van der Waals surface area contributed by atoms with Crippen LogP contribution in [0.25, 0.3) is 0 Å². The van der Waals surface area contributed by atoms with Gasteiger partial charge in [0.2, 0.25) is 5.91 Å². The van der Waals surface area contributed by atoms with Crippen LogP contribution in [0.3, 0.4) is 0 Å². The Bertz CT molecular complexity index is 338. The first-order chi connectivity index (χ1) is 8.13. The van der Waals surface area contributed by atoms with E-state index in [2.05, 4.69) is 17.2 Å². The molecule has 0 bridgehead atoms. The third kappa shape index (κ3) is 4.95. The molecule has 4 heteroatoms. The molecule has 0 aliphatic heterocycles. The monoisotopic (exact) mass is 235 g/mol. The van der Waals surface area contributed by atoms with Crippen LogP contribution in [-0.4, -0.2) is 16.9 Å². The zero-order chi connectivity index (χ0) is 12.7. The van der Waals surface area contributed by atoms with Crippen LogP contribution in [0.4, 0.5) is 0 Å². The molecule has 0 fully saturated rings. The summed E-state index contributed by atoms with van der Waals surface area (Å²) in [5.41, 5.74) is 6.72. The van der Waals surface area contributed by atoms with Crippen LogP contribution in [0.1, 0.15) is 44.7 Å². The van der Waals surface area contributed by atoms with Crippen molar-refractivity contribution < 1.29 is 4.79 Å². The number of hydrogen-bond donors (Lipinski definition) is 2. The fourth-order valence-corrected chi connectivity index (χ4v) is 1.64. The van der Waals surface area contributed by atoms with Gasteiger partial charge in [-0.05, 0) is 37.5 Å². The molecule has 0 spiro atoms. The normalized spacial score (nSPS) is 14.1. The maximum atomic E-state index is 11.7. The number of rotatable bonds is 6. The van der Waals surface area contributed by atoms with Gasteiger partial charge in [0.25, 0.3) is 0 Å². The van der Waals surface area contributed by atoms with Gasteiger partial charge in [0.1, 0.15) is 0 Å². The van der Waals surface area contributed by atoms with Crippen LogP contribution >= 0.6 is 0 Å². The molecule has 1 aromatic heterocycles. The minimum Gasteiger partial charge on any atom is -0.349 e. The van der Waals surface area contributed by atoms with E-state index in [-0.39, 0.29) is 18.0 Å². The lowest BCUT2D eigenvalue weighted by Gasteiger charge is -2.17. The van der Waals surface area contributed by atoms with Crippen molar-refractivity contribution in [3.8, 4) is 0 Å². The molecule has 2 atom stereocenters. The summed E-state index contributed by atoms with van der Waals surface area (Å²) in [5, 5.41) is 3.02. The number of nitrogens with two attached hydrogens (primary N) is 1. The average molecular weight is 235 g/mol. The zero-order valence-electron chi connectivity index (χ0n) is 10.5. The van der Waals surface area contributed by atoms with Gasteiger partial charge in [0, 0.05) is 24.9 Å². The second-order valence-electron chi connectivity index (χ2n) is 4.32. The number of carbonyl (C=O) groups is 1. The van der Waals surface area contributed by atoms with E-state index in [0.29, 0.717) is 6.42 Å². The van der Waals surface area contributed by atoms with Crippen molar-refractivity contribution in [2.24, 2.45) is 5.73 Å². The largest absolute Gasteiger partial charge is 0.349 e. The van der Waals surface area contributed by atoms with Crippen LogP contribution < -0.4 is 11.1 Å². The van der Waals surface area contributed by atoms with E-state index in [0.717, 1.165) is 18.4 Å². The highest BCUT2D eigenvalue weighted by Gasteiger charge is 2.12. The van der Waals surface area contributed by atoms with E-state index >= 15 is 0 Å². The van der Waals surface area contributed by atoms with Gasteiger partial charge in [0.05, 0.1) is 6.04 Å². The van der Waals surface area contributed by atoms with E-state index in [1.54, 1.807) is 12.4 Å². The number of amides is 1. The molecule has 1 aromatic rings. The molecule has 0 saturated heterocycles. The Morgan fingerprint density at radius 3 is 2.65 bits per heavy atom. The lowest BCUT2D eigenvalue weighted by atomic mass is 10.1. The van der Waals surface area contributed by atoms with E-state index in [9.17, 15) is 4.79 Å². The van der Waals surface area contributed by atoms with Gasteiger partial charge in [-0.25, -0.2) is 0 Å². The molecule has 0 aromatic carbocycles. The summed E-state index contributed by atoms with van der Waals surface area (Å²) in [5.74, 6) is 0.0611. The molecule has 3 N–H and O–H groups in total. The van der Waals surface area contributed by atoms with Crippen LogP contribution in [0, 0.1) is 0 Å². The predicted octanol–water partition coefficient (Wildman–Crippen LogP) is 1.78. The number of aromatic nitrogens is 1. The van der Waals surface area contributed by atoms with Crippen molar-refractivity contribution >= 4 is 5.91 Å². The molecule has 2 unspecified atom stereocenters. The lowest BCUT2D eigenvalue weighted by Crippen LogP contribution is -2.29. The SMILES string of the molecule is CCC(NC(=O)CCC(C)N)c1ccncc1. The van der Waals surface area contributed by atoms with Gasteiger partial charge < -0.3 is 11.1 Å². The Morgan fingerprint density at radius 2 is 2.12 bits per heavy atom. The third-order valence-electron chi connectivity index (χ3n) is 2.68. The van der Waals surface area contributed by atoms with Gasteiger partial charge in [0.15, 0.2) is 0 Å². The fourth-order valence-electron chi connectivity index (χ4n) is 1.64. The molecular weight excluding hydrogens is 214 g/mol. The first-order valence-corrected chi connectivity index (χ1v) is 6.08. The van der Waals surface area contributed by atoms with Crippen molar-refractivity contribution in [1.82, 2.24) is 10.3 Å². The lowest BCUT2D eigenvalue weighted by molar-refractivity contribution is -0.122. The minimum absolute atomic E-state index is 0.0611. The molecule has 17 heavy (non-hydrogen) atoms. The number of nitrogens with zero attached hydrogens (tertiary/aromatic N) is 1. The van der Waals surface area contributed by atoms with Gasteiger partial charge in [-0.15, -0.1) is 0 Å². The molecule has 1 amide bonds. The van der Waals surface area contributed by atoms with Gasteiger partial charge in [-0.3, -0.25) is 9.78 Å². The van der Waals surface area contributed by atoms with E-state index in [4.69, 9.17) is 5.73 Å². The smallest absolute Gasteiger partial charge is 0.220 e. The minimum atomic E-state index is 0.0611. The second-order valence-corrected chi connectivity index (χ2v) is 4.32. The average Bonchev–Trinajstić information content (AvgIpc) is 2.34. The molecule has 1 heterocycles. The molecule has 0 radical (unpaired) electrons. The Labute approximate surface area is 103 Å². The topological polar surface area (TPSA) is 68.0 Å². The predicted molar refractivity (Wildman–Crippen MR) is 68.3 cm³/mol. The Balaban J connectivity index is 2.50.